The average molecular weight is 351 g/mol. The maximum Gasteiger partial charge on any atom is 0.148 e. The van der Waals surface area contributed by atoms with Crippen LogP contribution in [-0.2, 0) is 13.2 Å². The summed E-state index contributed by atoms with van der Waals surface area (Å²) in [5.74, 6) is 1.50. The smallest absolute Gasteiger partial charge is 0.148 e. The van der Waals surface area contributed by atoms with Gasteiger partial charge < -0.3 is 14.4 Å². The minimum absolute atomic E-state index is 0.123. The predicted octanol–water partition coefficient (Wildman–Crippen LogP) is 4.30. The summed E-state index contributed by atoms with van der Waals surface area (Å²) < 4.78 is 7.82. The van der Waals surface area contributed by atoms with Crippen LogP contribution in [-0.4, -0.2) is 21.3 Å². The van der Waals surface area contributed by atoms with Crippen molar-refractivity contribution >= 4 is 34.2 Å². The van der Waals surface area contributed by atoms with Gasteiger partial charge in [-0.15, -0.1) is 0 Å². The molecule has 0 fully saturated rings. The molecule has 4 nitrogen and oxygen atoms in total. The number of para-hydroxylation sites is 1. The fourth-order valence-electron chi connectivity index (χ4n) is 2.43. The van der Waals surface area contributed by atoms with Crippen molar-refractivity contribution in [3.63, 3.8) is 0 Å². The van der Waals surface area contributed by atoms with Crippen molar-refractivity contribution in [2.45, 2.75) is 19.6 Å². The van der Waals surface area contributed by atoms with Gasteiger partial charge in [-0.25, -0.2) is 4.98 Å². The van der Waals surface area contributed by atoms with Crippen LogP contribution < -0.4 is 4.74 Å². The molecule has 1 N–H and O–H groups in total. The summed E-state index contributed by atoms with van der Waals surface area (Å²) in [6.45, 7) is 1.10. The van der Waals surface area contributed by atoms with Gasteiger partial charge in [0.2, 0.25) is 0 Å². The van der Waals surface area contributed by atoms with Crippen LogP contribution in [0.25, 0.3) is 11.0 Å². The van der Waals surface area contributed by atoms with Crippen molar-refractivity contribution in [3.05, 3.63) is 58.3 Å². The molecule has 120 valence electrons. The van der Waals surface area contributed by atoms with Gasteiger partial charge in [-0.2, -0.15) is 0 Å². The Kier molecular flexibility index (Phi) is 5.06. The van der Waals surface area contributed by atoms with E-state index < -0.39 is 0 Å². The lowest BCUT2D eigenvalue weighted by atomic mass is 10.3. The van der Waals surface area contributed by atoms with E-state index in [4.69, 9.17) is 33.0 Å². The molecule has 0 unspecified atom stereocenters. The number of aromatic nitrogens is 2. The van der Waals surface area contributed by atoms with Gasteiger partial charge in [-0.3, -0.25) is 0 Å². The number of fused-ring (bicyclic) bond motifs is 1. The molecule has 1 heterocycles. The second kappa shape index (κ2) is 7.21. The van der Waals surface area contributed by atoms with Gasteiger partial charge in [0.25, 0.3) is 0 Å². The average Bonchev–Trinajstić information content (AvgIpc) is 2.91. The lowest BCUT2D eigenvalue weighted by molar-refractivity contribution is 0.269. The summed E-state index contributed by atoms with van der Waals surface area (Å²) in [6, 6.07) is 12.9. The highest BCUT2D eigenvalue weighted by Gasteiger charge is 2.13. The highest BCUT2D eigenvalue weighted by atomic mass is 35.5. The van der Waals surface area contributed by atoms with Crippen LogP contribution in [0.3, 0.4) is 0 Å². The predicted molar refractivity (Wildman–Crippen MR) is 92.2 cm³/mol. The third-order valence-electron chi connectivity index (χ3n) is 3.53. The van der Waals surface area contributed by atoms with Gasteiger partial charge in [0.1, 0.15) is 23.7 Å². The summed E-state index contributed by atoms with van der Waals surface area (Å²) >= 11 is 12.1. The van der Waals surface area contributed by atoms with E-state index in [1.807, 2.05) is 34.9 Å². The molecular weight excluding hydrogens is 335 g/mol. The number of aliphatic hydroxyl groups is 1. The summed E-state index contributed by atoms with van der Waals surface area (Å²) in [5, 5.41) is 10.4. The third-order valence-corrected chi connectivity index (χ3v) is 4.09. The number of ether oxygens (including phenoxy) is 1. The highest BCUT2D eigenvalue weighted by molar-refractivity contribution is 6.34. The number of imidazole rings is 1. The molecule has 0 bridgehead atoms. The topological polar surface area (TPSA) is 47.3 Å². The van der Waals surface area contributed by atoms with E-state index in [0.29, 0.717) is 29.6 Å². The van der Waals surface area contributed by atoms with E-state index in [2.05, 4.69) is 4.98 Å². The summed E-state index contributed by atoms with van der Waals surface area (Å²) in [6.07, 6.45) is 0.645. The Bertz CT molecular complexity index is 800. The van der Waals surface area contributed by atoms with Crippen LogP contribution in [0.5, 0.6) is 5.75 Å². The maximum atomic E-state index is 9.11. The SMILES string of the molecule is OCCCn1c(COc2ccc(Cl)cc2)nc2c(Cl)cccc21. The largest absolute Gasteiger partial charge is 0.486 e. The normalized spacial score (nSPS) is 11.1. The van der Waals surface area contributed by atoms with Gasteiger partial charge in [0.15, 0.2) is 0 Å². The number of rotatable bonds is 6. The van der Waals surface area contributed by atoms with Gasteiger partial charge >= 0.3 is 0 Å². The molecule has 2 aromatic carbocycles. The van der Waals surface area contributed by atoms with Crippen LogP contribution >= 0.6 is 23.2 Å². The van der Waals surface area contributed by atoms with Crippen molar-refractivity contribution in [2.24, 2.45) is 0 Å². The number of hydrogen-bond acceptors (Lipinski definition) is 3. The molecule has 0 aliphatic heterocycles. The third kappa shape index (κ3) is 3.61. The Balaban J connectivity index is 1.89. The number of aliphatic hydroxyl groups excluding tert-OH is 1. The van der Waals surface area contributed by atoms with Crippen molar-refractivity contribution in [1.29, 1.82) is 0 Å². The van der Waals surface area contributed by atoms with Crippen molar-refractivity contribution in [3.8, 4) is 5.75 Å². The molecular formula is C17H16Cl2N2O2. The van der Waals surface area contributed by atoms with Crippen molar-refractivity contribution in [2.75, 3.05) is 6.61 Å². The first-order valence-corrected chi connectivity index (χ1v) is 8.07. The maximum absolute atomic E-state index is 9.11. The first kappa shape index (κ1) is 16.1. The van der Waals surface area contributed by atoms with Gasteiger partial charge in [-0.05, 0) is 42.8 Å². The first-order valence-electron chi connectivity index (χ1n) is 7.32. The van der Waals surface area contributed by atoms with E-state index in [1.54, 1.807) is 12.1 Å². The molecule has 6 heteroatoms. The van der Waals surface area contributed by atoms with E-state index in [-0.39, 0.29) is 6.61 Å². The number of hydrogen-bond donors (Lipinski definition) is 1. The number of benzene rings is 2. The van der Waals surface area contributed by atoms with Crippen LogP contribution in [0, 0.1) is 0 Å². The first-order chi connectivity index (χ1) is 11.2. The van der Waals surface area contributed by atoms with Crippen LogP contribution in [0.4, 0.5) is 0 Å². The zero-order chi connectivity index (χ0) is 16.2. The molecule has 3 aromatic rings. The number of nitrogens with zero attached hydrogens (tertiary/aromatic N) is 2. The molecule has 0 atom stereocenters. The fourth-order valence-corrected chi connectivity index (χ4v) is 2.77. The standard InChI is InChI=1S/C17H16Cl2N2O2/c18-12-5-7-13(8-6-12)23-11-16-20-17-14(19)3-1-4-15(17)21(16)9-2-10-22/h1,3-8,22H,2,9-11H2. The Morgan fingerprint density at radius 1 is 1.09 bits per heavy atom. The van der Waals surface area contributed by atoms with Crippen LogP contribution in [0.2, 0.25) is 10.0 Å². The lowest BCUT2D eigenvalue weighted by Gasteiger charge is -2.10. The molecule has 0 radical (unpaired) electrons. The molecule has 0 amide bonds. The van der Waals surface area contributed by atoms with Gasteiger partial charge in [0.05, 0.1) is 10.5 Å². The monoisotopic (exact) mass is 350 g/mol. The summed E-state index contributed by atoms with van der Waals surface area (Å²) in [4.78, 5) is 4.60. The molecule has 1 aromatic heterocycles. The quantitative estimate of drug-likeness (QED) is 0.720. The van der Waals surface area contributed by atoms with Crippen LogP contribution in [0.1, 0.15) is 12.2 Å². The second-order valence-corrected chi connectivity index (χ2v) is 5.95. The molecule has 0 spiro atoms. The number of halogens is 2. The zero-order valence-corrected chi connectivity index (χ0v) is 13.9. The van der Waals surface area contributed by atoms with E-state index in [9.17, 15) is 0 Å². The zero-order valence-electron chi connectivity index (χ0n) is 12.4. The molecule has 0 saturated heterocycles. The Hall–Kier alpha value is -1.75. The second-order valence-electron chi connectivity index (χ2n) is 5.11. The summed E-state index contributed by atoms with van der Waals surface area (Å²) in [5.41, 5.74) is 1.70. The minimum Gasteiger partial charge on any atom is -0.486 e. The molecule has 0 aliphatic rings. The molecule has 0 aliphatic carbocycles. The Morgan fingerprint density at radius 3 is 2.61 bits per heavy atom. The van der Waals surface area contributed by atoms with Crippen molar-refractivity contribution < 1.29 is 9.84 Å². The van der Waals surface area contributed by atoms with E-state index >= 15 is 0 Å². The van der Waals surface area contributed by atoms with E-state index in [1.165, 1.54) is 0 Å². The van der Waals surface area contributed by atoms with Crippen molar-refractivity contribution in [1.82, 2.24) is 9.55 Å². The molecule has 3 rings (SSSR count). The fraction of sp³-hybridized carbons (Fsp3) is 0.235. The lowest BCUT2D eigenvalue weighted by Crippen LogP contribution is -2.08. The Labute approximate surface area is 144 Å². The summed E-state index contributed by atoms with van der Waals surface area (Å²) in [7, 11) is 0. The molecule has 0 saturated carbocycles. The van der Waals surface area contributed by atoms with Gasteiger partial charge in [0, 0.05) is 18.2 Å². The van der Waals surface area contributed by atoms with Crippen LogP contribution in [0.15, 0.2) is 42.5 Å². The number of aryl methyl sites for hydroxylation is 1. The Morgan fingerprint density at radius 2 is 1.87 bits per heavy atom. The molecule has 23 heavy (non-hydrogen) atoms. The minimum atomic E-state index is 0.123. The van der Waals surface area contributed by atoms with E-state index in [0.717, 1.165) is 22.6 Å². The van der Waals surface area contributed by atoms with Gasteiger partial charge in [-0.1, -0.05) is 29.3 Å². The highest BCUT2D eigenvalue weighted by Crippen LogP contribution is 2.25.